The van der Waals surface area contributed by atoms with Crippen LogP contribution in [0.4, 0.5) is 5.69 Å². The summed E-state index contributed by atoms with van der Waals surface area (Å²) >= 11 is 0. The molecular formula is C11H16N2. The second-order valence-corrected chi connectivity index (χ2v) is 3.57. The molecule has 1 atom stereocenters. The van der Waals surface area contributed by atoms with Gasteiger partial charge in [-0.1, -0.05) is 25.1 Å². The van der Waals surface area contributed by atoms with Crippen LogP contribution in [-0.4, -0.2) is 6.54 Å². The largest absolute Gasteiger partial charge is 0.384 e. The zero-order valence-electron chi connectivity index (χ0n) is 8.01. The standard InChI is InChI=1S/C11H16N2/c1-2-10(12)9-5-3-4-8-6-7-13-11(8)9/h3-5,10,13H,2,6-7,12H2,1H3/t10-/m0/s1. The Balaban J connectivity index is 2.41. The summed E-state index contributed by atoms with van der Waals surface area (Å²) < 4.78 is 0. The summed E-state index contributed by atoms with van der Waals surface area (Å²) in [5, 5.41) is 3.40. The quantitative estimate of drug-likeness (QED) is 0.724. The lowest BCUT2D eigenvalue weighted by Crippen LogP contribution is -2.10. The van der Waals surface area contributed by atoms with Crippen LogP contribution in [0, 0.1) is 0 Å². The Morgan fingerprint density at radius 1 is 1.54 bits per heavy atom. The van der Waals surface area contributed by atoms with E-state index in [4.69, 9.17) is 5.73 Å². The molecule has 0 unspecified atom stereocenters. The molecule has 0 aliphatic carbocycles. The molecule has 2 heteroatoms. The SMILES string of the molecule is CC[C@H](N)c1cccc2c1NCC2. The van der Waals surface area contributed by atoms with E-state index in [0.29, 0.717) is 0 Å². The molecule has 2 nitrogen and oxygen atoms in total. The molecule has 0 spiro atoms. The summed E-state index contributed by atoms with van der Waals surface area (Å²) in [4.78, 5) is 0. The normalized spacial score (nSPS) is 16.5. The Hall–Kier alpha value is -1.02. The van der Waals surface area contributed by atoms with E-state index in [2.05, 4.69) is 30.4 Å². The van der Waals surface area contributed by atoms with Crippen molar-refractivity contribution in [3.05, 3.63) is 29.3 Å². The van der Waals surface area contributed by atoms with Crippen LogP contribution in [0.15, 0.2) is 18.2 Å². The van der Waals surface area contributed by atoms with Gasteiger partial charge in [0.2, 0.25) is 0 Å². The number of rotatable bonds is 2. The Labute approximate surface area is 79.1 Å². The zero-order valence-corrected chi connectivity index (χ0v) is 8.01. The third-order valence-corrected chi connectivity index (χ3v) is 2.72. The highest BCUT2D eigenvalue weighted by atomic mass is 14.9. The lowest BCUT2D eigenvalue weighted by atomic mass is 10.0. The van der Waals surface area contributed by atoms with Gasteiger partial charge in [0.15, 0.2) is 0 Å². The maximum atomic E-state index is 6.03. The third kappa shape index (κ3) is 1.42. The van der Waals surface area contributed by atoms with Crippen molar-refractivity contribution in [2.24, 2.45) is 5.73 Å². The molecule has 0 amide bonds. The van der Waals surface area contributed by atoms with Crippen molar-refractivity contribution >= 4 is 5.69 Å². The molecule has 2 rings (SSSR count). The van der Waals surface area contributed by atoms with Gasteiger partial charge in [0.05, 0.1) is 0 Å². The van der Waals surface area contributed by atoms with Gasteiger partial charge in [-0.3, -0.25) is 0 Å². The zero-order chi connectivity index (χ0) is 9.26. The van der Waals surface area contributed by atoms with Crippen LogP contribution in [0.5, 0.6) is 0 Å². The second kappa shape index (κ2) is 3.38. The summed E-state index contributed by atoms with van der Waals surface area (Å²) in [6.45, 7) is 3.18. The van der Waals surface area contributed by atoms with Gasteiger partial charge in [-0.25, -0.2) is 0 Å². The Morgan fingerprint density at radius 3 is 3.15 bits per heavy atom. The Bertz CT molecular complexity index is 307. The number of hydrogen-bond acceptors (Lipinski definition) is 2. The molecule has 1 aliphatic heterocycles. The van der Waals surface area contributed by atoms with E-state index in [0.717, 1.165) is 19.4 Å². The van der Waals surface area contributed by atoms with Crippen LogP contribution in [0.3, 0.4) is 0 Å². The van der Waals surface area contributed by atoms with Crippen LogP contribution >= 0.6 is 0 Å². The summed E-state index contributed by atoms with van der Waals surface area (Å²) in [7, 11) is 0. The number of hydrogen-bond donors (Lipinski definition) is 2. The molecule has 1 aliphatic rings. The summed E-state index contributed by atoms with van der Waals surface area (Å²) in [6, 6.07) is 6.60. The van der Waals surface area contributed by atoms with E-state index in [1.165, 1.54) is 16.8 Å². The van der Waals surface area contributed by atoms with Gasteiger partial charge in [-0.15, -0.1) is 0 Å². The molecule has 0 fully saturated rings. The lowest BCUT2D eigenvalue weighted by Gasteiger charge is -2.14. The molecular weight excluding hydrogens is 160 g/mol. The first-order valence-corrected chi connectivity index (χ1v) is 4.94. The molecule has 13 heavy (non-hydrogen) atoms. The van der Waals surface area contributed by atoms with E-state index < -0.39 is 0 Å². The number of anilines is 1. The number of benzene rings is 1. The first-order valence-electron chi connectivity index (χ1n) is 4.94. The number of nitrogens with two attached hydrogens (primary N) is 1. The highest BCUT2D eigenvalue weighted by Crippen LogP contribution is 2.30. The number of para-hydroxylation sites is 1. The second-order valence-electron chi connectivity index (χ2n) is 3.57. The molecule has 1 heterocycles. The molecule has 0 saturated heterocycles. The van der Waals surface area contributed by atoms with Gasteiger partial charge in [0, 0.05) is 18.3 Å². The Kier molecular flexibility index (Phi) is 2.23. The monoisotopic (exact) mass is 176 g/mol. The fourth-order valence-corrected chi connectivity index (χ4v) is 1.89. The fraction of sp³-hybridized carbons (Fsp3) is 0.455. The Morgan fingerprint density at radius 2 is 2.38 bits per heavy atom. The molecule has 1 aromatic rings. The van der Waals surface area contributed by atoms with E-state index >= 15 is 0 Å². The highest BCUT2D eigenvalue weighted by Gasteiger charge is 2.16. The summed E-state index contributed by atoms with van der Waals surface area (Å²) in [5.41, 5.74) is 10.0. The average Bonchev–Trinajstić information content (AvgIpc) is 2.63. The van der Waals surface area contributed by atoms with E-state index in [1.54, 1.807) is 0 Å². The first-order chi connectivity index (χ1) is 6.33. The summed E-state index contributed by atoms with van der Waals surface area (Å²) in [5.74, 6) is 0. The predicted molar refractivity (Wildman–Crippen MR) is 55.9 cm³/mol. The topological polar surface area (TPSA) is 38.0 Å². The van der Waals surface area contributed by atoms with Gasteiger partial charge in [-0.05, 0) is 24.0 Å². The van der Waals surface area contributed by atoms with E-state index in [-0.39, 0.29) is 6.04 Å². The average molecular weight is 176 g/mol. The van der Waals surface area contributed by atoms with Gasteiger partial charge < -0.3 is 11.1 Å². The van der Waals surface area contributed by atoms with Crippen LogP contribution in [0.1, 0.15) is 30.5 Å². The van der Waals surface area contributed by atoms with Crippen molar-refractivity contribution in [2.45, 2.75) is 25.8 Å². The first kappa shape index (κ1) is 8.57. The minimum absolute atomic E-state index is 0.181. The summed E-state index contributed by atoms with van der Waals surface area (Å²) in [6.07, 6.45) is 2.14. The molecule has 0 radical (unpaired) electrons. The molecule has 3 N–H and O–H groups in total. The van der Waals surface area contributed by atoms with Crippen LogP contribution < -0.4 is 11.1 Å². The van der Waals surface area contributed by atoms with Gasteiger partial charge in [0.25, 0.3) is 0 Å². The predicted octanol–water partition coefficient (Wildman–Crippen LogP) is 2.06. The van der Waals surface area contributed by atoms with Crippen molar-refractivity contribution in [1.82, 2.24) is 0 Å². The van der Waals surface area contributed by atoms with Crippen molar-refractivity contribution in [2.75, 3.05) is 11.9 Å². The molecule has 70 valence electrons. The molecule has 0 bridgehead atoms. The molecule has 0 saturated carbocycles. The molecule has 0 aromatic heterocycles. The van der Waals surface area contributed by atoms with Crippen molar-refractivity contribution in [1.29, 1.82) is 0 Å². The van der Waals surface area contributed by atoms with Crippen molar-refractivity contribution in [3.63, 3.8) is 0 Å². The maximum Gasteiger partial charge on any atom is 0.0421 e. The molecule has 1 aromatic carbocycles. The number of nitrogens with one attached hydrogen (secondary N) is 1. The van der Waals surface area contributed by atoms with Crippen molar-refractivity contribution < 1.29 is 0 Å². The smallest absolute Gasteiger partial charge is 0.0421 e. The van der Waals surface area contributed by atoms with Crippen LogP contribution in [-0.2, 0) is 6.42 Å². The third-order valence-electron chi connectivity index (χ3n) is 2.72. The van der Waals surface area contributed by atoms with Crippen LogP contribution in [0.25, 0.3) is 0 Å². The fourth-order valence-electron chi connectivity index (χ4n) is 1.89. The maximum absolute atomic E-state index is 6.03. The van der Waals surface area contributed by atoms with Crippen molar-refractivity contribution in [3.8, 4) is 0 Å². The van der Waals surface area contributed by atoms with Gasteiger partial charge in [0.1, 0.15) is 0 Å². The van der Waals surface area contributed by atoms with Gasteiger partial charge in [-0.2, -0.15) is 0 Å². The lowest BCUT2D eigenvalue weighted by molar-refractivity contribution is 0.700. The van der Waals surface area contributed by atoms with E-state index in [1.807, 2.05) is 0 Å². The minimum atomic E-state index is 0.181. The minimum Gasteiger partial charge on any atom is -0.384 e. The van der Waals surface area contributed by atoms with E-state index in [9.17, 15) is 0 Å². The number of fused-ring (bicyclic) bond motifs is 1. The highest BCUT2D eigenvalue weighted by molar-refractivity contribution is 5.62. The van der Waals surface area contributed by atoms with Crippen LogP contribution in [0.2, 0.25) is 0 Å². The van der Waals surface area contributed by atoms with Gasteiger partial charge >= 0.3 is 0 Å².